The maximum absolute atomic E-state index is 13.6. The van der Waals surface area contributed by atoms with Crippen molar-refractivity contribution in [2.24, 2.45) is 17.8 Å². The van der Waals surface area contributed by atoms with Gasteiger partial charge in [-0.25, -0.2) is 14.6 Å². The lowest BCUT2D eigenvalue weighted by molar-refractivity contribution is -0.131. The Hall–Kier alpha value is -3.47. The van der Waals surface area contributed by atoms with Crippen molar-refractivity contribution < 1.29 is 28.7 Å². The Labute approximate surface area is 253 Å². The van der Waals surface area contributed by atoms with Crippen LogP contribution in [-0.4, -0.2) is 47.6 Å². The van der Waals surface area contributed by atoms with Crippen molar-refractivity contribution in [1.29, 1.82) is 0 Å². The monoisotopic (exact) mass is 602 g/mol. The molecule has 1 aromatic carbocycles. The molecule has 0 spiro atoms. The Morgan fingerprint density at radius 3 is 1.93 bits per heavy atom. The number of alkyl carbamates (subject to hydrolysis) is 1. The number of carbonyl (C=O) groups excluding carboxylic acids is 4. The highest BCUT2D eigenvalue weighted by atomic mass is 32.1. The number of amides is 3. The van der Waals surface area contributed by atoms with E-state index in [0.717, 1.165) is 5.56 Å². The molecule has 0 aliphatic rings. The van der Waals surface area contributed by atoms with E-state index in [-0.39, 0.29) is 41.9 Å². The molecule has 2 aromatic rings. The van der Waals surface area contributed by atoms with Crippen LogP contribution >= 0.6 is 11.3 Å². The van der Waals surface area contributed by atoms with Crippen LogP contribution in [0, 0.1) is 17.8 Å². The quantitative estimate of drug-likeness (QED) is 0.219. The number of nitrogens with one attached hydrogen (secondary N) is 3. The van der Waals surface area contributed by atoms with Crippen molar-refractivity contribution in [3.63, 3.8) is 0 Å². The molecule has 0 saturated heterocycles. The van der Waals surface area contributed by atoms with Gasteiger partial charge in [-0.1, -0.05) is 71.9 Å². The first-order valence-corrected chi connectivity index (χ1v) is 15.5. The molecule has 0 bridgehead atoms. The van der Waals surface area contributed by atoms with E-state index >= 15 is 0 Å². The molecule has 2 rings (SSSR count). The van der Waals surface area contributed by atoms with Gasteiger partial charge in [0.05, 0.1) is 18.3 Å². The van der Waals surface area contributed by atoms with Crippen LogP contribution < -0.4 is 16.0 Å². The van der Waals surface area contributed by atoms with E-state index in [0.29, 0.717) is 25.0 Å². The maximum Gasteiger partial charge on any atom is 0.408 e. The van der Waals surface area contributed by atoms with Gasteiger partial charge in [0.25, 0.3) is 0 Å². The molecular weight excluding hydrogens is 556 g/mol. The molecule has 3 N–H and O–H groups in total. The summed E-state index contributed by atoms with van der Waals surface area (Å²) in [5.74, 6) is -0.891. The zero-order valence-corrected chi connectivity index (χ0v) is 26.6. The van der Waals surface area contributed by atoms with E-state index in [1.807, 2.05) is 71.9 Å². The third-order valence-corrected chi connectivity index (χ3v) is 7.06. The van der Waals surface area contributed by atoms with Crippen molar-refractivity contribution >= 4 is 35.2 Å². The van der Waals surface area contributed by atoms with Gasteiger partial charge in [0.1, 0.15) is 18.7 Å². The third-order valence-electron chi connectivity index (χ3n) is 6.22. The van der Waals surface area contributed by atoms with Crippen LogP contribution in [0.2, 0.25) is 0 Å². The second-order valence-electron chi connectivity index (χ2n) is 11.6. The normalized spacial score (nSPS) is 13.4. The van der Waals surface area contributed by atoms with Crippen molar-refractivity contribution in [2.45, 2.75) is 92.5 Å². The average molecular weight is 603 g/mol. The van der Waals surface area contributed by atoms with Gasteiger partial charge in [-0.2, -0.15) is 0 Å². The smallest absolute Gasteiger partial charge is 0.408 e. The topological polar surface area (TPSA) is 136 Å². The molecule has 1 aromatic heterocycles. The highest BCUT2D eigenvalue weighted by molar-refractivity contribution is 7.11. The van der Waals surface area contributed by atoms with Crippen molar-refractivity contribution in [1.82, 2.24) is 20.9 Å². The van der Waals surface area contributed by atoms with Crippen molar-refractivity contribution in [3.05, 3.63) is 52.0 Å². The molecule has 0 radical (unpaired) electrons. The van der Waals surface area contributed by atoms with Gasteiger partial charge in [0.2, 0.25) is 16.8 Å². The fraction of sp³-hybridized carbons (Fsp3) is 0.581. The minimum absolute atomic E-state index is 0.0762. The minimum Gasteiger partial charge on any atom is -0.461 e. The molecule has 10 nitrogen and oxygen atoms in total. The standard InChI is InChI=1S/C31H46N4O6S/c1-8-40-30(38)29-34-26(18-42-29)23(14-19(2)3)32-27(36)24(15-20(4)5)33-28(37)25(16-21(6)7)35-31(39)41-17-22-12-10-9-11-13-22/h9-13,18-21,23-25H,8,14-17H2,1-7H3,(H,32,36)(H,33,37)(H,35,39)/t23-,24+,25+/m1/s1. The summed E-state index contributed by atoms with van der Waals surface area (Å²) in [6, 6.07) is 7.09. The zero-order chi connectivity index (χ0) is 31.2. The summed E-state index contributed by atoms with van der Waals surface area (Å²) in [4.78, 5) is 56.2. The lowest BCUT2D eigenvalue weighted by atomic mass is 9.98. The molecule has 232 valence electrons. The molecule has 0 saturated carbocycles. The van der Waals surface area contributed by atoms with Gasteiger partial charge in [0.15, 0.2) is 0 Å². The molecule has 42 heavy (non-hydrogen) atoms. The highest BCUT2D eigenvalue weighted by Gasteiger charge is 2.30. The van der Waals surface area contributed by atoms with Gasteiger partial charge in [-0.3, -0.25) is 9.59 Å². The van der Waals surface area contributed by atoms with E-state index in [9.17, 15) is 19.2 Å². The first-order valence-electron chi connectivity index (χ1n) is 14.6. The average Bonchev–Trinajstić information content (AvgIpc) is 3.41. The Morgan fingerprint density at radius 2 is 1.36 bits per heavy atom. The third kappa shape index (κ3) is 12.2. The Kier molecular flexibility index (Phi) is 14.5. The number of aromatic nitrogens is 1. The van der Waals surface area contributed by atoms with Crippen LogP contribution in [-0.2, 0) is 25.7 Å². The number of nitrogens with zero attached hydrogens (tertiary/aromatic N) is 1. The molecule has 0 fully saturated rings. The zero-order valence-electron chi connectivity index (χ0n) is 25.8. The molecule has 1 heterocycles. The SMILES string of the molecule is CCOC(=O)c1nc([C@@H](CC(C)C)NC(=O)[C@H](CC(C)C)NC(=O)[C@H](CC(C)C)NC(=O)OCc2ccccc2)cs1. The lowest BCUT2D eigenvalue weighted by Crippen LogP contribution is -2.54. The van der Waals surface area contributed by atoms with E-state index in [4.69, 9.17) is 9.47 Å². The molecule has 0 aliphatic carbocycles. The fourth-order valence-electron chi connectivity index (χ4n) is 4.32. The highest BCUT2D eigenvalue weighted by Crippen LogP contribution is 2.24. The summed E-state index contributed by atoms with van der Waals surface area (Å²) in [5.41, 5.74) is 1.40. The van der Waals surface area contributed by atoms with Gasteiger partial charge < -0.3 is 25.4 Å². The lowest BCUT2D eigenvalue weighted by Gasteiger charge is -2.27. The largest absolute Gasteiger partial charge is 0.461 e. The van der Waals surface area contributed by atoms with Gasteiger partial charge in [-0.15, -0.1) is 11.3 Å². The second-order valence-corrected chi connectivity index (χ2v) is 12.4. The maximum atomic E-state index is 13.6. The summed E-state index contributed by atoms with van der Waals surface area (Å²) < 4.78 is 10.4. The van der Waals surface area contributed by atoms with E-state index in [2.05, 4.69) is 20.9 Å². The molecule has 0 aliphatic heterocycles. The van der Waals surface area contributed by atoms with Gasteiger partial charge >= 0.3 is 12.1 Å². The Morgan fingerprint density at radius 1 is 0.786 bits per heavy atom. The Bertz CT molecular complexity index is 1150. The Balaban J connectivity index is 2.16. The number of hydrogen-bond acceptors (Lipinski definition) is 8. The van der Waals surface area contributed by atoms with Crippen LogP contribution in [0.25, 0.3) is 0 Å². The molecular formula is C31H46N4O6S. The minimum atomic E-state index is -0.882. The first-order chi connectivity index (χ1) is 19.9. The van der Waals surface area contributed by atoms with E-state index in [1.165, 1.54) is 11.3 Å². The number of thiazole rings is 1. The molecule has 11 heteroatoms. The number of benzene rings is 1. The number of esters is 1. The predicted molar refractivity (Wildman–Crippen MR) is 163 cm³/mol. The second kappa shape index (κ2) is 17.5. The number of rotatable bonds is 16. The van der Waals surface area contributed by atoms with Crippen LogP contribution in [0.15, 0.2) is 35.7 Å². The van der Waals surface area contributed by atoms with Crippen LogP contribution in [0.3, 0.4) is 0 Å². The van der Waals surface area contributed by atoms with Crippen LogP contribution in [0.5, 0.6) is 0 Å². The van der Waals surface area contributed by atoms with E-state index < -0.39 is 36.1 Å². The first kappa shape index (κ1) is 34.7. The number of hydrogen-bond donors (Lipinski definition) is 3. The van der Waals surface area contributed by atoms with Crippen molar-refractivity contribution in [2.75, 3.05) is 6.61 Å². The van der Waals surface area contributed by atoms with E-state index in [1.54, 1.807) is 12.3 Å². The number of ether oxygens (including phenoxy) is 2. The summed E-state index contributed by atoms with van der Waals surface area (Å²) in [7, 11) is 0. The molecule has 3 amide bonds. The summed E-state index contributed by atoms with van der Waals surface area (Å²) in [5, 5.41) is 10.6. The fourth-order valence-corrected chi connectivity index (χ4v) is 5.08. The van der Waals surface area contributed by atoms with Crippen LogP contribution in [0.1, 0.15) is 94.8 Å². The predicted octanol–water partition coefficient (Wildman–Crippen LogP) is 5.40. The molecule has 3 atom stereocenters. The van der Waals surface area contributed by atoms with Gasteiger partial charge in [-0.05, 0) is 49.5 Å². The summed E-state index contributed by atoms with van der Waals surface area (Å²) in [6.07, 6.45) is 0.644. The molecule has 0 unspecified atom stereocenters. The summed E-state index contributed by atoms with van der Waals surface area (Å²) in [6.45, 7) is 13.9. The van der Waals surface area contributed by atoms with Crippen molar-refractivity contribution in [3.8, 4) is 0 Å². The van der Waals surface area contributed by atoms with Crippen LogP contribution in [0.4, 0.5) is 4.79 Å². The van der Waals surface area contributed by atoms with Gasteiger partial charge in [0, 0.05) is 5.38 Å². The number of carbonyl (C=O) groups is 4. The summed E-state index contributed by atoms with van der Waals surface area (Å²) >= 11 is 1.17.